The van der Waals surface area contributed by atoms with Gasteiger partial charge in [-0.1, -0.05) is 6.58 Å². The second-order valence-corrected chi connectivity index (χ2v) is 10.0. The maximum atomic E-state index is 13.4. The number of alkyl halides is 2. The van der Waals surface area contributed by atoms with Crippen molar-refractivity contribution in [3.05, 3.63) is 54.2 Å². The Labute approximate surface area is 222 Å². The van der Waals surface area contributed by atoms with Crippen LogP contribution in [0.4, 0.5) is 25.8 Å². The summed E-state index contributed by atoms with van der Waals surface area (Å²) in [5, 5.41) is 15.6. The zero-order chi connectivity index (χ0) is 27.0. The topological polar surface area (TPSA) is 99.0 Å². The first kappa shape index (κ1) is 25.7. The smallest absolute Gasteiger partial charge is 0.387 e. The standard InChI is InChI=1S/C25H28F2N8O2S/c1-5-21(36)29-16-10-17(20(37-24(26)27)11-19(16)35-12-14(13-35)33(2)3)31-25-28-8-6-15(30-25)22-23-18(7-9-38-23)34(4)32-22/h5-11,14,24-25,28,31H,1,12-13H2,2-4H3,(H,29,36). The fourth-order valence-electron chi connectivity index (χ4n) is 4.35. The second kappa shape index (κ2) is 10.4. The van der Waals surface area contributed by atoms with E-state index in [4.69, 9.17) is 9.73 Å². The van der Waals surface area contributed by atoms with Gasteiger partial charge < -0.3 is 30.5 Å². The van der Waals surface area contributed by atoms with E-state index in [1.54, 1.807) is 34.4 Å². The molecular weight excluding hydrogens is 514 g/mol. The normalized spacial score (nSPS) is 17.4. The molecule has 38 heavy (non-hydrogen) atoms. The number of rotatable bonds is 9. The number of anilines is 3. The van der Waals surface area contributed by atoms with Crippen molar-refractivity contribution in [1.82, 2.24) is 20.0 Å². The van der Waals surface area contributed by atoms with Crippen LogP contribution in [-0.2, 0) is 11.8 Å². The molecule has 1 aromatic carbocycles. The van der Waals surface area contributed by atoms with Crippen molar-refractivity contribution in [3.63, 3.8) is 0 Å². The number of carbonyl (C=O) groups excluding carboxylic acids is 1. The number of hydrogen-bond donors (Lipinski definition) is 3. The fraction of sp³-hybridized carbons (Fsp3) is 0.320. The molecule has 3 N–H and O–H groups in total. The van der Waals surface area contributed by atoms with Gasteiger partial charge in [0.1, 0.15) is 5.69 Å². The summed E-state index contributed by atoms with van der Waals surface area (Å²) in [5.74, 6) is -0.481. The molecule has 5 rings (SSSR count). The van der Waals surface area contributed by atoms with E-state index >= 15 is 0 Å². The van der Waals surface area contributed by atoms with Gasteiger partial charge in [0.05, 0.1) is 33.0 Å². The van der Waals surface area contributed by atoms with Crippen LogP contribution < -0.4 is 25.6 Å². The lowest BCUT2D eigenvalue weighted by atomic mass is 10.0. The maximum absolute atomic E-state index is 13.4. The van der Waals surface area contributed by atoms with Gasteiger partial charge in [-0.3, -0.25) is 9.48 Å². The number of thiophene rings is 1. The molecule has 1 unspecified atom stereocenters. The number of allylic oxidation sites excluding steroid dienone is 1. The van der Waals surface area contributed by atoms with Gasteiger partial charge in [-0.25, -0.2) is 4.99 Å². The van der Waals surface area contributed by atoms with E-state index in [2.05, 4.69) is 32.5 Å². The van der Waals surface area contributed by atoms with Crippen LogP contribution in [0.25, 0.3) is 10.2 Å². The van der Waals surface area contributed by atoms with Crippen molar-refractivity contribution in [2.75, 3.05) is 42.7 Å². The lowest BCUT2D eigenvalue weighted by Gasteiger charge is -2.45. The van der Waals surface area contributed by atoms with Crippen molar-refractivity contribution in [3.8, 4) is 5.75 Å². The highest BCUT2D eigenvalue weighted by molar-refractivity contribution is 7.17. The summed E-state index contributed by atoms with van der Waals surface area (Å²) in [7, 11) is 5.83. The van der Waals surface area contributed by atoms with Crippen molar-refractivity contribution in [2.24, 2.45) is 12.0 Å². The highest BCUT2D eigenvalue weighted by Gasteiger charge is 2.31. The SMILES string of the molecule is C=CC(=O)Nc1cc(NC2N=C(c3nn(C)c4ccsc34)C=CN2)c(OC(F)F)cc1N1CC(N(C)C)C1. The molecule has 10 nitrogen and oxygen atoms in total. The van der Waals surface area contributed by atoms with Gasteiger partial charge in [0.2, 0.25) is 5.91 Å². The Bertz CT molecular complexity index is 1420. The van der Waals surface area contributed by atoms with Crippen LogP contribution in [-0.4, -0.2) is 72.4 Å². The zero-order valence-electron chi connectivity index (χ0n) is 21.1. The third kappa shape index (κ3) is 5.07. The summed E-state index contributed by atoms with van der Waals surface area (Å²) in [5.41, 5.74) is 3.62. The molecule has 200 valence electrons. The number of nitrogens with one attached hydrogen (secondary N) is 3. The van der Waals surface area contributed by atoms with Gasteiger partial charge in [-0.2, -0.15) is 13.9 Å². The minimum absolute atomic E-state index is 0.0634. The van der Waals surface area contributed by atoms with Gasteiger partial charge in [0.15, 0.2) is 12.0 Å². The van der Waals surface area contributed by atoms with Crippen LogP contribution in [0.5, 0.6) is 5.75 Å². The minimum Gasteiger partial charge on any atom is -0.433 e. The van der Waals surface area contributed by atoms with E-state index in [1.165, 1.54) is 6.07 Å². The molecule has 0 spiro atoms. The number of benzene rings is 1. The number of likely N-dealkylation sites (N-methyl/N-ethyl adjacent to an activating group) is 1. The molecule has 0 bridgehead atoms. The molecule has 13 heteroatoms. The average Bonchev–Trinajstić information content (AvgIpc) is 3.44. The quantitative estimate of drug-likeness (QED) is 0.357. The summed E-state index contributed by atoms with van der Waals surface area (Å²) < 4.78 is 34.5. The molecule has 1 saturated heterocycles. The molecule has 1 atom stereocenters. The number of amides is 1. The first-order chi connectivity index (χ1) is 18.2. The second-order valence-electron chi connectivity index (χ2n) is 9.13. The average molecular weight is 543 g/mol. The van der Waals surface area contributed by atoms with Crippen LogP contribution in [0.15, 0.2) is 53.5 Å². The number of nitrogens with zero attached hydrogens (tertiary/aromatic N) is 5. The van der Waals surface area contributed by atoms with Crippen LogP contribution in [0.3, 0.4) is 0 Å². The third-order valence-electron chi connectivity index (χ3n) is 6.45. The Balaban J connectivity index is 1.48. The molecule has 1 amide bonds. The number of aryl methyl sites for hydroxylation is 1. The predicted molar refractivity (Wildman–Crippen MR) is 146 cm³/mol. The summed E-state index contributed by atoms with van der Waals surface area (Å²) >= 11 is 1.57. The summed E-state index contributed by atoms with van der Waals surface area (Å²) in [6.45, 7) is 1.83. The van der Waals surface area contributed by atoms with Crippen LogP contribution in [0, 0.1) is 0 Å². The molecule has 0 radical (unpaired) electrons. The molecule has 0 saturated carbocycles. The lowest BCUT2D eigenvalue weighted by Crippen LogP contribution is -2.57. The number of carbonyl (C=O) groups is 1. The van der Waals surface area contributed by atoms with E-state index in [1.807, 2.05) is 37.5 Å². The van der Waals surface area contributed by atoms with Gasteiger partial charge in [-0.05, 0) is 43.8 Å². The Morgan fingerprint density at radius 3 is 2.84 bits per heavy atom. The van der Waals surface area contributed by atoms with E-state index in [0.29, 0.717) is 36.2 Å². The molecule has 0 aliphatic carbocycles. The first-order valence-corrected chi connectivity index (χ1v) is 12.8. The van der Waals surface area contributed by atoms with Gasteiger partial charge in [-0.15, -0.1) is 11.3 Å². The Kier molecular flexibility index (Phi) is 7.04. The highest BCUT2D eigenvalue weighted by atomic mass is 32.1. The van der Waals surface area contributed by atoms with Gasteiger partial charge >= 0.3 is 6.61 Å². The molecule has 1 fully saturated rings. The van der Waals surface area contributed by atoms with E-state index in [9.17, 15) is 13.6 Å². The zero-order valence-corrected chi connectivity index (χ0v) is 21.9. The van der Waals surface area contributed by atoms with Crippen LogP contribution >= 0.6 is 11.3 Å². The van der Waals surface area contributed by atoms with Crippen molar-refractivity contribution in [2.45, 2.75) is 18.9 Å². The Morgan fingerprint density at radius 2 is 2.13 bits per heavy atom. The molecule has 3 aromatic rings. The monoisotopic (exact) mass is 542 g/mol. The Hall–Kier alpha value is -3.97. The predicted octanol–water partition coefficient (Wildman–Crippen LogP) is 3.41. The first-order valence-electron chi connectivity index (χ1n) is 11.9. The number of aliphatic imine (C=N–C) groups is 1. The Morgan fingerprint density at radius 1 is 1.34 bits per heavy atom. The lowest BCUT2D eigenvalue weighted by molar-refractivity contribution is -0.111. The molecule has 2 aromatic heterocycles. The van der Waals surface area contributed by atoms with Crippen LogP contribution in [0.2, 0.25) is 0 Å². The third-order valence-corrected chi connectivity index (χ3v) is 7.36. The number of fused-ring (bicyclic) bond motifs is 1. The van der Waals surface area contributed by atoms with E-state index in [0.717, 1.165) is 22.0 Å². The summed E-state index contributed by atoms with van der Waals surface area (Å²) in [4.78, 5) is 21.0. The number of halogens is 2. The van der Waals surface area contributed by atoms with Crippen molar-refractivity contribution < 1.29 is 18.3 Å². The number of aromatic nitrogens is 2. The maximum Gasteiger partial charge on any atom is 0.387 e. The molecule has 2 aliphatic rings. The minimum atomic E-state index is -3.04. The molecule has 2 aliphatic heterocycles. The molecular formula is C25H28F2N8O2S. The molecule has 4 heterocycles. The fourth-order valence-corrected chi connectivity index (χ4v) is 5.26. The van der Waals surface area contributed by atoms with E-state index < -0.39 is 18.8 Å². The van der Waals surface area contributed by atoms with Crippen molar-refractivity contribution in [1.29, 1.82) is 0 Å². The van der Waals surface area contributed by atoms with Gasteiger partial charge in [0.25, 0.3) is 0 Å². The van der Waals surface area contributed by atoms with E-state index in [-0.39, 0.29) is 11.4 Å². The van der Waals surface area contributed by atoms with Crippen molar-refractivity contribution >= 4 is 50.2 Å². The summed E-state index contributed by atoms with van der Waals surface area (Å²) in [6.07, 6.45) is 3.97. The number of ether oxygens (including phenoxy) is 1. The highest BCUT2D eigenvalue weighted by Crippen LogP contribution is 2.40. The summed E-state index contributed by atoms with van der Waals surface area (Å²) in [6, 6.07) is 5.38. The van der Waals surface area contributed by atoms with Crippen LogP contribution in [0.1, 0.15) is 5.69 Å². The number of hydrogen-bond acceptors (Lipinski definition) is 9. The largest absolute Gasteiger partial charge is 0.433 e. The van der Waals surface area contributed by atoms with Gasteiger partial charge in [0, 0.05) is 38.4 Å².